The highest BCUT2D eigenvalue weighted by molar-refractivity contribution is 6.04. The topological polar surface area (TPSA) is 120 Å². The Kier molecular flexibility index (Phi) is 4.94. The summed E-state index contributed by atoms with van der Waals surface area (Å²) >= 11 is 0. The maximum atomic E-state index is 12.8. The average Bonchev–Trinajstić information content (AvgIpc) is 3.43. The van der Waals surface area contributed by atoms with Crippen LogP contribution in [-0.4, -0.2) is 42.5 Å². The Morgan fingerprint density at radius 2 is 1.88 bits per heavy atom. The molecule has 0 radical (unpaired) electrons. The van der Waals surface area contributed by atoms with Crippen molar-refractivity contribution < 1.29 is 9.53 Å². The van der Waals surface area contributed by atoms with Gasteiger partial charge in [0.05, 0.1) is 24.7 Å². The van der Waals surface area contributed by atoms with Crippen molar-refractivity contribution in [3.8, 4) is 17.4 Å². The minimum atomic E-state index is -0.365. The van der Waals surface area contributed by atoms with Gasteiger partial charge in [0.1, 0.15) is 17.0 Å². The fourth-order valence-electron chi connectivity index (χ4n) is 3.47. The summed E-state index contributed by atoms with van der Waals surface area (Å²) in [4.78, 5) is 32.9. The van der Waals surface area contributed by atoms with E-state index in [0.29, 0.717) is 33.9 Å². The smallest absolute Gasteiger partial charge is 0.263 e. The zero-order chi connectivity index (χ0) is 22.9. The van der Waals surface area contributed by atoms with Gasteiger partial charge in [0.15, 0.2) is 5.65 Å². The second kappa shape index (κ2) is 8.08. The number of ether oxygens (including phenoxy) is 1. The van der Waals surface area contributed by atoms with Crippen LogP contribution in [0.15, 0.2) is 71.7 Å². The summed E-state index contributed by atoms with van der Waals surface area (Å²) in [6.45, 7) is 1.78. The monoisotopic (exact) mass is 441 g/mol. The number of aromatic amines is 1. The number of methoxy groups -OCH3 is 1. The summed E-state index contributed by atoms with van der Waals surface area (Å²) in [6.07, 6.45) is 1.47. The van der Waals surface area contributed by atoms with E-state index in [-0.39, 0.29) is 17.4 Å². The molecule has 0 bridgehead atoms. The second-order valence-corrected chi connectivity index (χ2v) is 7.29. The van der Waals surface area contributed by atoms with Crippen molar-refractivity contribution in [1.29, 1.82) is 0 Å². The number of hydrogen-bond donors (Lipinski definition) is 2. The second-order valence-electron chi connectivity index (χ2n) is 7.29. The number of anilines is 1. The van der Waals surface area contributed by atoms with E-state index in [4.69, 9.17) is 4.74 Å². The molecule has 3 heterocycles. The van der Waals surface area contributed by atoms with E-state index in [0.717, 1.165) is 5.69 Å². The number of hydrogen-bond acceptors (Lipinski definition) is 6. The fraction of sp³-hybridized carbons (Fsp3) is 0.0870. The zero-order valence-electron chi connectivity index (χ0n) is 17.8. The van der Waals surface area contributed by atoms with E-state index < -0.39 is 0 Å². The van der Waals surface area contributed by atoms with Crippen molar-refractivity contribution in [1.82, 2.24) is 29.5 Å². The lowest BCUT2D eigenvalue weighted by atomic mass is 10.2. The van der Waals surface area contributed by atoms with Gasteiger partial charge in [-0.25, -0.2) is 4.68 Å². The highest BCUT2D eigenvalue weighted by Gasteiger charge is 2.17. The first-order valence-electron chi connectivity index (χ1n) is 10.1. The molecule has 0 saturated carbocycles. The van der Waals surface area contributed by atoms with Gasteiger partial charge >= 0.3 is 0 Å². The Bertz CT molecular complexity index is 1530. The molecule has 0 spiro atoms. The first-order valence-corrected chi connectivity index (χ1v) is 10.1. The minimum absolute atomic E-state index is 0.152. The van der Waals surface area contributed by atoms with Gasteiger partial charge < -0.3 is 10.1 Å². The van der Waals surface area contributed by atoms with Gasteiger partial charge in [-0.1, -0.05) is 24.3 Å². The quantitative estimate of drug-likeness (QED) is 0.433. The molecule has 0 fully saturated rings. The van der Waals surface area contributed by atoms with Gasteiger partial charge in [0.2, 0.25) is 5.95 Å². The average molecular weight is 441 g/mol. The van der Waals surface area contributed by atoms with Crippen LogP contribution in [0.25, 0.3) is 22.7 Å². The van der Waals surface area contributed by atoms with Gasteiger partial charge in [-0.05, 0) is 37.3 Å². The van der Waals surface area contributed by atoms with Crippen LogP contribution in [0.5, 0.6) is 5.75 Å². The number of nitrogens with one attached hydrogen (secondary N) is 2. The van der Waals surface area contributed by atoms with Crippen LogP contribution in [0.3, 0.4) is 0 Å². The number of fused-ring (bicyclic) bond motifs is 1. The molecule has 164 valence electrons. The molecule has 0 unspecified atom stereocenters. The van der Waals surface area contributed by atoms with Crippen molar-refractivity contribution in [2.75, 3.05) is 12.4 Å². The molecule has 2 N–H and O–H groups in total. The van der Waals surface area contributed by atoms with Crippen LogP contribution >= 0.6 is 0 Å². The maximum Gasteiger partial charge on any atom is 0.263 e. The van der Waals surface area contributed by atoms with Gasteiger partial charge in [0.25, 0.3) is 11.5 Å². The number of benzene rings is 2. The number of carbonyl (C=O) groups excluding carboxylic acids is 1. The number of para-hydroxylation sites is 1. The molecular weight excluding hydrogens is 422 g/mol. The molecule has 0 aliphatic heterocycles. The molecule has 5 rings (SSSR count). The van der Waals surface area contributed by atoms with E-state index in [1.54, 1.807) is 41.9 Å². The Morgan fingerprint density at radius 1 is 1.06 bits per heavy atom. The van der Waals surface area contributed by atoms with Crippen LogP contribution < -0.4 is 15.6 Å². The molecule has 5 aromatic rings. The lowest BCUT2D eigenvalue weighted by Gasteiger charge is -2.09. The molecule has 10 nitrogen and oxygen atoms in total. The number of aryl methyl sites for hydroxylation is 1. The Morgan fingerprint density at radius 3 is 2.67 bits per heavy atom. The normalized spacial score (nSPS) is 11.0. The van der Waals surface area contributed by atoms with Crippen LogP contribution in [0.4, 0.5) is 5.82 Å². The Hall–Kier alpha value is -4.73. The zero-order valence-corrected chi connectivity index (χ0v) is 17.8. The lowest BCUT2D eigenvalue weighted by Crippen LogP contribution is -2.19. The summed E-state index contributed by atoms with van der Waals surface area (Å²) < 4.78 is 8.16. The van der Waals surface area contributed by atoms with Crippen molar-refractivity contribution in [2.24, 2.45) is 0 Å². The molecule has 33 heavy (non-hydrogen) atoms. The molecule has 0 aliphatic rings. The third kappa shape index (κ3) is 3.74. The SMILES string of the molecule is COc1cccc(C(=O)Nc2cc(C)nn2-c2nc3c(cnn3-c3ccccc3)c(=O)[nH]2)c1. The number of H-pyrrole nitrogens is 1. The summed E-state index contributed by atoms with van der Waals surface area (Å²) in [5.41, 5.74) is 1.82. The molecule has 2 aromatic carbocycles. The molecule has 10 heteroatoms. The predicted molar refractivity (Wildman–Crippen MR) is 122 cm³/mol. The van der Waals surface area contributed by atoms with Gasteiger partial charge in [0, 0.05) is 11.6 Å². The number of aromatic nitrogens is 6. The minimum Gasteiger partial charge on any atom is -0.497 e. The fourth-order valence-corrected chi connectivity index (χ4v) is 3.47. The van der Waals surface area contributed by atoms with Crippen LogP contribution in [-0.2, 0) is 0 Å². The maximum absolute atomic E-state index is 12.8. The summed E-state index contributed by atoms with van der Waals surface area (Å²) in [7, 11) is 1.54. The number of carbonyl (C=O) groups is 1. The Balaban J connectivity index is 1.57. The first-order chi connectivity index (χ1) is 16.0. The van der Waals surface area contributed by atoms with E-state index in [1.165, 1.54) is 18.0 Å². The summed E-state index contributed by atoms with van der Waals surface area (Å²) in [5.74, 6) is 0.721. The van der Waals surface area contributed by atoms with E-state index in [9.17, 15) is 9.59 Å². The van der Waals surface area contributed by atoms with Crippen LogP contribution in [0.1, 0.15) is 16.1 Å². The molecule has 0 saturated heterocycles. The van der Waals surface area contributed by atoms with Crippen LogP contribution in [0.2, 0.25) is 0 Å². The Labute approximate surface area is 187 Å². The molecule has 0 atom stereocenters. The van der Waals surface area contributed by atoms with E-state index in [2.05, 4.69) is 25.5 Å². The molecular formula is C23H19N7O3. The predicted octanol–water partition coefficient (Wildman–Crippen LogP) is 2.86. The summed E-state index contributed by atoms with van der Waals surface area (Å²) in [6, 6.07) is 17.9. The van der Waals surface area contributed by atoms with E-state index >= 15 is 0 Å². The number of amides is 1. The molecule has 1 amide bonds. The van der Waals surface area contributed by atoms with Gasteiger partial charge in [-0.15, -0.1) is 0 Å². The first kappa shape index (κ1) is 20.2. The van der Waals surface area contributed by atoms with Crippen molar-refractivity contribution in [3.05, 3.63) is 88.5 Å². The third-order valence-electron chi connectivity index (χ3n) is 5.03. The van der Waals surface area contributed by atoms with Gasteiger partial charge in [-0.2, -0.15) is 19.9 Å². The lowest BCUT2D eigenvalue weighted by molar-refractivity contribution is 0.102. The van der Waals surface area contributed by atoms with Crippen molar-refractivity contribution >= 4 is 22.8 Å². The molecule has 3 aromatic heterocycles. The highest BCUT2D eigenvalue weighted by atomic mass is 16.5. The van der Waals surface area contributed by atoms with Crippen molar-refractivity contribution in [3.63, 3.8) is 0 Å². The van der Waals surface area contributed by atoms with E-state index in [1.807, 2.05) is 30.3 Å². The standard InChI is InChI=1S/C23H19N7O3/c1-14-11-19(25-21(31)15-7-6-10-17(12-15)33-2)30(28-14)23-26-20-18(22(32)27-23)13-24-29(20)16-8-4-3-5-9-16/h3-13H,1-2H3,(H,25,31)(H,26,27,32). The van der Waals surface area contributed by atoms with Crippen molar-refractivity contribution in [2.45, 2.75) is 6.92 Å². The number of rotatable bonds is 5. The largest absolute Gasteiger partial charge is 0.497 e. The third-order valence-corrected chi connectivity index (χ3v) is 5.03. The highest BCUT2D eigenvalue weighted by Crippen LogP contribution is 2.19. The number of nitrogens with zero attached hydrogens (tertiary/aromatic N) is 5. The van der Waals surface area contributed by atoms with Crippen LogP contribution in [0, 0.1) is 6.92 Å². The van der Waals surface area contributed by atoms with Gasteiger partial charge in [-0.3, -0.25) is 14.6 Å². The molecule has 0 aliphatic carbocycles. The summed E-state index contributed by atoms with van der Waals surface area (Å²) in [5, 5.41) is 11.9.